The van der Waals surface area contributed by atoms with Crippen molar-refractivity contribution in [3.8, 4) is 5.69 Å². The molecule has 1 aromatic carbocycles. The van der Waals surface area contributed by atoms with Gasteiger partial charge in [-0.15, -0.1) is 0 Å². The molecule has 0 amide bonds. The molecule has 1 aromatic heterocycles. The number of benzene rings is 1. The molecule has 0 N–H and O–H groups in total. The first-order valence-corrected chi connectivity index (χ1v) is 7.95. The van der Waals surface area contributed by atoms with Gasteiger partial charge in [0.2, 0.25) is 0 Å². The van der Waals surface area contributed by atoms with Crippen molar-refractivity contribution in [3.05, 3.63) is 52.3 Å². The number of rotatable bonds is 1. The molecule has 0 saturated carbocycles. The molecule has 0 bridgehead atoms. The van der Waals surface area contributed by atoms with Gasteiger partial charge in [-0.25, -0.2) is 8.78 Å². The first kappa shape index (κ1) is 13.1. The van der Waals surface area contributed by atoms with Crippen LogP contribution in [0.1, 0.15) is 48.2 Å². The van der Waals surface area contributed by atoms with E-state index in [0.29, 0.717) is 5.69 Å². The summed E-state index contributed by atoms with van der Waals surface area (Å²) in [6.07, 6.45) is 9.06. The van der Waals surface area contributed by atoms with Gasteiger partial charge in [-0.3, -0.25) is 0 Å². The van der Waals surface area contributed by atoms with Crippen molar-refractivity contribution < 1.29 is 8.78 Å². The summed E-state index contributed by atoms with van der Waals surface area (Å²) < 4.78 is 29.6. The molecule has 2 aliphatic carbocycles. The van der Waals surface area contributed by atoms with E-state index in [1.165, 1.54) is 54.3 Å². The van der Waals surface area contributed by atoms with Crippen molar-refractivity contribution in [2.45, 2.75) is 51.4 Å². The van der Waals surface area contributed by atoms with Gasteiger partial charge >= 0.3 is 0 Å². The molecule has 0 spiro atoms. The highest BCUT2D eigenvalue weighted by atomic mass is 19.1. The summed E-state index contributed by atoms with van der Waals surface area (Å²) in [4.78, 5) is 0. The quantitative estimate of drug-likeness (QED) is 0.727. The monoisotopic (exact) mass is 287 g/mol. The van der Waals surface area contributed by atoms with E-state index in [1.54, 1.807) is 6.07 Å². The minimum atomic E-state index is -0.508. The van der Waals surface area contributed by atoms with Gasteiger partial charge in [0.15, 0.2) is 0 Å². The van der Waals surface area contributed by atoms with Crippen LogP contribution in [0.15, 0.2) is 18.2 Å². The van der Waals surface area contributed by atoms with Crippen LogP contribution < -0.4 is 0 Å². The first-order valence-electron chi connectivity index (χ1n) is 7.95. The van der Waals surface area contributed by atoms with E-state index in [0.717, 1.165) is 31.7 Å². The fraction of sp³-hybridized carbons (Fsp3) is 0.444. The van der Waals surface area contributed by atoms with E-state index in [4.69, 9.17) is 0 Å². The van der Waals surface area contributed by atoms with Crippen molar-refractivity contribution in [2.24, 2.45) is 0 Å². The van der Waals surface area contributed by atoms with Crippen LogP contribution in [0.3, 0.4) is 0 Å². The van der Waals surface area contributed by atoms with Gasteiger partial charge in [-0.2, -0.15) is 0 Å². The van der Waals surface area contributed by atoms with E-state index in [1.807, 2.05) is 0 Å². The lowest BCUT2D eigenvalue weighted by Gasteiger charge is -2.18. The lowest BCUT2D eigenvalue weighted by atomic mass is 9.89. The Bertz CT molecular complexity index is 666. The minimum absolute atomic E-state index is 0.452. The topological polar surface area (TPSA) is 4.93 Å². The molecule has 3 heteroatoms. The SMILES string of the molecule is Fc1ccc(-n2c3c(c4c2CCCC4)CCCC3)c(F)c1. The number of fused-ring (bicyclic) bond motifs is 3. The standard InChI is InChI=1S/C18H19F2N/c19-12-9-10-18(15(20)11-12)21-16-7-3-1-5-13(16)14-6-2-4-8-17(14)21/h9-11H,1-8H2. The molecule has 2 aromatic rings. The molecule has 0 saturated heterocycles. The minimum Gasteiger partial charge on any atom is -0.315 e. The molecule has 0 atom stereocenters. The smallest absolute Gasteiger partial charge is 0.150 e. The first-order chi connectivity index (χ1) is 10.3. The lowest BCUT2D eigenvalue weighted by molar-refractivity contribution is 0.570. The van der Waals surface area contributed by atoms with Crippen LogP contribution in [0, 0.1) is 11.6 Å². The average molecular weight is 287 g/mol. The van der Waals surface area contributed by atoms with Crippen molar-refractivity contribution in [3.63, 3.8) is 0 Å². The molecule has 0 radical (unpaired) electrons. The molecule has 0 fully saturated rings. The van der Waals surface area contributed by atoms with Crippen LogP contribution in [-0.2, 0) is 25.7 Å². The zero-order valence-corrected chi connectivity index (χ0v) is 12.1. The Morgan fingerprint density at radius 3 is 1.90 bits per heavy atom. The summed E-state index contributed by atoms with van der Waals surface area (Å²) in [6, 6.07) is 3.96. The molecule has 0 aliphatic heterocycles. The van der Waals surface area contributed by atoms with Crippen molar-refractivity contribution >= 4 is 0 Å². The van der Waals surface area contributed by atoms with Gasteiger partial charge in [0.1, 0.15) is 11.6 Å². The number of hydrogen-bond acceptors (Lipinski definition) is 0. The van der Waals surface area contributed by atoms with Gasteiger partial charge < -0.3 is 4.57 Å². The molecule has 4 rings (SSSR count). The summed E-state index contributed by atoms with van der Waals surface area (Å²) in [7, 11) is 0. The molecule has 0 unspecified atom stereocenters. The molecular formula is C18H19F2N. The van der Waals surface area contributed by atoms with Crippen molar-refractivity contribution in [1.29, 1.82) is 0 Å². The predicted molar refractivity (Wildman–Crippen MR) is 79.0 cm³/mol. The van der Waals surface area contributed by atoms with E-state index in [2.05, 4.69) is 4.57 Å². The lowest BCUT2D eigenvalue weighted by Crippen LogP contribution is -2.11. The van der Waals surface area contributed by atoms with E-state index >= 15 is 0 Å². The molecule has 1 nitrogen and oxygen atoms in total. The van der Waals surface area contributed by atoms with Gasteiger partial charge in [0, 0.05) is 17.5 Å². The fourth-order valence-electron chi connectivity index (χ4n) is 4.04. The highest BCUT2D eigenvalue weighted by Crippen LogP contribution is 2.37. The molecule has 2 aliphatic rings. The summed E-state index contributed by atoms with van der Waals surface area (Å²) in [6.45, 7) is 0. The van der Waals surface area contributed by atoms with E-state index in [-0.39, 0.29) is 0 Å². The Morgan fingerprint density at radius 1 is 0.762 bits per heavy atom. The Hall–Kier alpha value is -1.64. The summed E-state index contributed by atoms with van der Waals surface area (Å²) in [5.74, 6) is -0.960. The van der Waals surface area contributed by atoms with Crippen molar-refractivity contribution in [1.82, 2.24) is 4.57 Å². The highest BCUT2D eigenvalue weighted by Gasteiger charge is 2.27. The van der Waals surface area contributed by atoms with Gasteiger partial charge in [0.05, 0.1) is 5.69 Å². The largest absolute Gasteiger partial charge is 0.315 e. The predicted octanol–water partition coefficient (Wildman–Crippen LogP) is 4.51. The van der Waals surface area contributed by atoms with Crippen LogP contribution in [0.5, 0.6) is 0 Å². The maximum atomic E-state index is 14.3. The van der Waals surface area contributed by atoms with Gasteiger partial charge in [-0.1, -0.05) is 0 Å². The zero-order valence-electron chi connectivity index (χ0n) is 12.1. The molecular weight excluding hydrogens is 268 g/mol. The van der Waals surface area contributed by atoms with Gasteiger partial charge in [-0.05, 0) is 74.6 Å². The Morgan fingerprint density at radius 2 is 1.33 bits per heavy atom. The van der Waals surface area contributed by atoms with E-state index < -0.39 is 11.6 Å². The fourth-order valence-corrected chi connectivity index (χ4v) is 4.04. The average Bonchev–Trinajstić information content (AvgIpc) is 2.82. The third-order valence-corrected chi connectivity index (χ3v) is 4.93. The van der Waals surface area contributed by atoms with Crippen LogP contribution in [0.4, 0.5) is 8.78 Å². The van der Waals surface area contributed by atoms with E-state index in [9.17, 15) is 8.78 Å². The van der Waals surface area contributed by atoms with Gasteiger partial charge in [0.25, 0.3) is 0 Å². The summed E-state index contributed by atoms with van der Waals surface area (Å²) in [5.41, 5.74) is 5.99. The normalized spacial score (nSPS) is 17.4. The Kier molecular flexibility index (Phi) is 3.09. The Balaban J connectivity index is 1.97. The third kappa shape index (κ3) is 2.02. The molecule has 1 heterocycles. The van der Waals surface area contributed by atoms with Crippen LogP contribution in [0.2, 0.25) is 0 Å². The summed E-state index contributed by atoms with van der Waals surface area (Å²) >= 11 is 0. The van der Waals surface area contributed by atoms with Crippen LogP contribution in [-0.4, -0.2) is 4.57 Å². The molecule has 21 heavy (non-hydrogen) atoms. The van der Waals surface area contributed by atoms with Crippen LogP contribution >= 0.6 is 0 Å². The maximum absolute atomic E-state index is 14.3. The Labute approximate surface area is 123 Å². The third-order valence-electron chi connectivity index (χ3n) is 4.93. The number of hydrogen-bond donors (Lipinski definition) is 0. The highest BCUT2D eigenvalue weighted by molar-refractivity contribution is 5.49. The van der Waals surface area contributed by atoms with Crippen LogP contribution in [0.25, 0.3) is 5.69 Å². The number of aromatic nitrogens is 1. The maximum Gasteiger partial charge on any atom is 0.150 e. The number of nitrogens with zero attached hydrogens (tertiary/aromatic N) is 1. The second kappa shape index (κ2) is 4.97. The number of halogens is 2. The summed E-state index contributed by atoms with van der Waals surface area (Å²) in [5, 5.41) is 0. The molecule has 110 valence electrons. The second-order valence-corrected chi connectivity index (χ2v) is 6.20. The zero-order chi connectivity index (χ0) is 14.4. The van der Waals surface area contributed by atoms with Crippen molar-refractivity contribution in [2.75, 3.05) is 0 Å². The second-order valence-electron chi connectivity index (χ2n) is 6.20.